The van der Waals surface area contributed by atoms with E-state index in [2.05, 4.69) is 16.8 Å². The first kappa shape index (κ1) is 10.1. The largest absolute Gasteiger partial charge is 0.366 e. The smallest absolute Gasteiger partial charge is 0.239 e. The first-order chi connectivity index (χ1) is 6.09. The van der Waals surface area contributed by atoms with E-state index in [1.807, 2.05) is 13.8 Å². The van der Waals surface area contributed by atoms with E-state index in [0.29, 0.717) is 6.54 Å². The molecule has 0 bridgehead atoms. The van der Waals surface area contributed by atoms with Crippen LogP contribution >= 0.6 is 0 Å². The Morgan fingerprint density at radius 3 is 2.85 bits per heavy atom. The highest BCUT2D eigenvalue weighted by Crippen LogP contribution is 2.17. The third kappa shape index (κ3) is 3.09. The molecule has 0 aliphatic carbocycles. The fraction of sp³-hybridized carbons (Fsp3) is 0.700. The van der Waals surface area contributed by atoms with Crippen molar-refractivity contribution in [3.8, 4) is 0 Å². The minimum Gasteiger partial charge on any atom is -0.366 e. The Morgan fingerprint density at radius 2 is 2.38 bits per heavy atom. The first-order valence-electron chi connectivity index (χ1n) is 4.81. The van der Waals surface area contributed by atoms with Crippen LogP contribution in [0.15, 0.2) is 12.3 Å². The number of carbonyl (C=O) groups is 1. The number of carbonyl (C=O) groups excluding carboxylic acids is 1. The van der Waals surface area contributed by atoms with Gasteiger partial charge in [0, 0.05) is 18.3 Å². The molecule has 1 aliphatic rings. The second kappa shape index (κ2) is 4.30. The molecule has 1 rings (SSSR count). The van der Waals surface area contributed by atoms with Crippen molar-refractivity contribution in [3.63, 3.8) is 0 Å². The highest BCUT2D eigenvalue weighted by atomic mass is 16.2. The Morgan fingerprint density at radius 1 is 1.69 bits per heavy atom. The quantitative estimate of drug-likeness (QED) is 0.709. The topological polar surface area (TPSA) is 32.3 Å². The van der Waals surface area contributed by atoms with E-state index in [4.69, 9.17) is 0 Å². The molecule has 13 heavy (non-hydrogen) atoms. The molecule has 0 unspecified atom stereocenters. The van der Waals surface area contributed by atoms with Crippen molar-refractivity contribution in [1.29, 1.82) is 0 Å². The molecule has 1 N–H and O–H groups in total. The summed E-state index contributed by atoms with van der Waals surface area (Å²) in [5.41, 5.74) is 1.10. The second-order valence-electron chi connectivity index (χ2n) is 3.81. The van der Waals surface area contributed by atoms with Gasteiger partial charge >= 0.3 is 0 Å². The van der Waals surface area contributed by atoms with Gasteiger partial charge < -0.3 is 10.2 Å². The molecular weight excluding hydrogens is 164 g/mol. The summed E-state index contributed by atoms with van der Waals surface area (Å²) in [6, 6.07) is 0.225. The van der Waals surface area contributed by atoms with Gasteiger partial charge in [0.15, 0.2) is 0 Å². The molecule has 0 aromatic heterocycles. The summed E-state index contributed by atoms with van der Waals surface area (Å²) >= 11 is 0. The Balaban J connectivity index is 2.31. The van der Waals surface area contributed by atoms with Gasteiger partial charge in [-0.2, -0.15) is 0 Å². The molecule has 1 saturated heterocycles. The van der Waals surface area contributed by atoms with Crippen LogP contribution in [0.1, 0.15) is 26.7 Å². The van der Waals surface area contributed by atoms with Gasteiger partial charge in [-0.25, -0.2) is 0 Å². The summed E-state index contributed by atoms with van der Waals surface area (Å²) in [6.45, 7) is 9.30. The number of amides is 1. The van der Waals surface area contributed by atoms with Gasteiger partial charge in [0.2, 0.25) is 5.91 Å². The zero-order valence-electron chi connectivity index (χ0n) is 8.47. The van der Waals surface area contributed by atoms with E-state index in [-0.39, 0.29) is 11.9 Å². The van der Waals surface area contributed by atoms with Crippen LogP contribution in [-0.2, 0) is 4.79 Å². The molecule has 0 saturated carbocycles. The Labute approximate surface area is 79.8 Å². The number of hydrogen-bond acceptors (Lipinski definition) is 2. The number of nitrogens with zero attached hydrogens (tertiary/aromatic N) is 1. The van der Waals surface area contributed by atoms with Crippen LogP contribution in [0, 0.1) is 0 Å². The molecule has 3 heteroatoms. The molecule has 1 amide bonds. The highest BCUT2D eigenvalue weighted by molar-refractivity contribution is 5.78. The van der Waals surface area contributed by atoms with Gasteiger partial charge in [-0.1, -0.05) is 6.58 Å². The van der Waals surface area contributed by atoms with Gasteiger partial charge in [0.25, 0.3) is 0 Å². The summed E-state index contributed by atoms with van der Waals surface area (Å²) in [6.07, 6.45) is 2.17. The Hall–Kier alpha value is -0.990. The van der Waals surface area contributed by atoms with Crippen molar-refractivity contribution in [2.45, 2.75) is 32.7 Å². The van der Waals surface area contributed by atoms with E-state index >= 15 is 0 Å². The van der Waals surface area contributed by atoms with Crippen LogP contribution in [0.2, 0.25) is 0 Å². The van der Waals surface area contributed by atoms with Crippen LogP contribution in [0.25, 0.3) is 0 Å². The number of hydrogen-bond donors (Lipinski definition) is 1. The number of likely N-dealkylation sites (tertiary alicyclic amines) is 1. The SMILES string of the molecule is C=C1CCCN1CC(=O)NC(C)C. The zero-order valence-corrected chi connectivity index (χ0v) is 8.47. The first-order valence-corrected chi connectivity index (χ1v) is 4.81. The van der Waals surface area contributed by atoms with E-state index in [9.17, 15) is 4.79 Å². The average Bonchev–Trinajstić information content (AvgIpc) is 2.34. The lowest BCUT2D eigenvalue weighted by Crippen LogP contribution is -2.38. The molecule has 0 aromatic carbocycles. The van der Waals surface area contributed by atoms with Gasteiger partial charge in [0.1, 0.15) is 0 Å². The maximum absolute atomic E-state index is 11.4. The summed E-state index contributed by atoms with van der Waals surface area (Å²) in [7, 11) is 0. The van der Waals surface area contributed by atoms with Crippen molar-refractivity contribution in [2.75, 3.05) is 13.1 Å². The molecule has 1 fully saturated rings. The standard InChI is InChI=1S/C10H18N2O/c1-8(2)11-10(13)7-12-6-4-5-9(12)3/h8H,3-7H2,1-2H3,(H,11,13). The van der Waals surface area contributed by atoms with Crippen molar-refractivity contribution in [1.82, 2.24) is 10.2 Å². The van der Waals surface area contributed by atoms with Crippen LogP contribution in [-0.4, -0.2) is 29.9 Å². The fourth-order valence-corrected chi connectivity index (χ4v) is 1.52. The van der Waals surface area contributed by atoms with Gasteiger partial charge in [0.05, 0.1) is 6.54 Å². The lowest BCUT2D eigenvalue weighted by atomic mass is 10.3. The normalized spacial score (nSPS) is 16.8. The van der Waals surface area contributed by atoms with Crippen LogP contribution in [0.5, 0.6) is 0 Å². The molecule has 1 heterocycles. The molecule has 0 radical (unpaired) electrons. The summed E-state index contributed by atoms with van der Waals surface area (Å²) in [4.78, 5) is 13.4. The summed E-state index contributed by atoms with van der Waals surface area (Å²) < 4.78 is 0. The minimum atomic E-state index is 0.0954. The maximum atomic E-state index is 11.4. The fourth-order valence-electron chi connectivity index (χ4n) is 1.52. The molecule has 0 atom stereocenters. The van der Waals surface area contributed by atoms with E-state index in [1.165, 1.54) is 0 Å². The van der Waals surface area contributed by atoms with Crippen molar-refractivity contribution in [3.05, 3.63) is 12.3 Å². The van der Waals surface area contributed by atoms with E-state index in [1.54, 1.807) is 0 Å². The second-order valence-corrected chi connectivity index (χ2v) is 3.81. The number of nitrogens with one attached hydrogen (secondary N) is 1. The third-order valence-corrected chi connectivity index (χ3v) is 2.12. The zero-order chi connectivity index (χ0) is 9.84. The summed E-state index contributed by atoms with van der Waals surface area (Å²) in [5.74, 6) is 0.0954. The lowest BCUT2D eigenvalue weighted by molar-refractivity contribution is -0.122. The van der Waals surface area contributed by atoms with E-state index < -0.39 is 0 Å². The van der Waals surface area contributed by atoms with Crippen LogP contribution in [0.4, 0.5) is 0 Å². The molecule has 74 valence electrons. The predicted molar refractivity (Wildman–Crippen MR) is 53.2 cm³/mol. The third-order valence-electron chi connectivity index (χ3n) is 2.12. The van der Waals surface area contributed by atoms with Crippen molar-refractivity contribution >= 4 is 5.91 Å². The molecule has 0 spiro atoms. The Bertz CT molecular complexity index is 211. The number of rotatable bonds is 3. The molecular formula is C10H18N2O. The van der Waals surface area contributed by atoms with Crippen molar-refractivity contribution < 1.29 is 4.79 Å². The molecule has 0 aromatic rings. The van der Waals surface area contributed by atoms with Crippen molar-refractivity contribution in [2.24, 2.45) is 0 Å². The van der Waals surface area contributed by atoms with Gasteiger partial charge in [-0.15, -0.1) is 0 Å². The molecule has 3 nitrogen and oxygen atoms in total. The number of allylic oxidation sites excluding steroid dienone is 1. The van der Waals surface area contributed by atoms with E-state index in [0.717, 1.165) is 25.1 Å². The average molecular weight is 182 g/mol. The molecule has 1 aliphatic heterocycles. The predicted octanol–water partition coefficient (Wildman–Crippen LogP) is 1.12. The summed E-state index contributed by atoms with van der Waals surface area (Å²) in [5, 5.41) is 2.87. The lowest BCUT2D eigenvalue weighted by Gasteiger charge is -2.19. The van der Waals surface area contributed by atoms with Crippen LogP contribution in [0.3, 0.4) is 0 Å². The minimum absolute atomic E-state index is 0.0954. The maximum Gasteiger partial charge on any atom is 0.239 e. The highest BCUT2D eigenvalue weighted by Gasteiger charge is 2.17. The van der Waals surface area contributed by atoms with Gasteiger partial charge in [-0.05, 0) is 26.7 Å². The van der Waals surface area contributed by atoms with Crippen LogP contribution < -0.4 is 5.32 Å². The Kier molecular flexibility index (Phi) is 3.34. The monoisotopic (exact) mass is 182 g/mol. The van der Waals surface area contributed by atoms with Gasteiger partial charge in [-0.3, -0.25) is 4.79 Å².